The summed E-state index contributed by atoms with van der Waals surface area (Å²) in [6.07, 6.45) is 1.78. The van der Waals surface area contributed by atoms with E-state index in [1.165, 1.54) is 14.2 Å². The van der Waals surface area contributed by atoms with Crippen molar-refractivity contribution in [1.29, 1.82) is 0 Å². The first-order valence-electron chi connectivity index (χ1n) is 7.58. The molecule has 2 aromatic rings. The van der Waals surface area contributed by atoms with Gasteiger partial charge in [0.2, 0.25) is 0 Å². The summed E-state index contributed by atoms with van der Waals surface area (Å²) in [5, 5.41) is 3.78. The van der Waals surface area contributed by atoms with Crippen molar-refractivity contribution in [1.82, 2.24) is 0 Å². The molecule has 0 unspecified atom stereocenters. The molecule has 2 rings (SSSR count). The fourth-order valence-electron chi connectivity index (χ4n) is 2.21. The predicted molar refractivity (Wildman–Crippen MR) is 106 cm³/mol. The van der Waals surface area contributed by atoms with Gasteiger partial charge in [0.15, 0.2) is 5.71 Å². The lowest BCUT2D eigenvalue weighted by molar-refractivity contribution is -0.132. The van der Waals surface area contributed by atoms with Crippen molar-refractivity contribution in [2.75, 3.05) is 14.2 Å². The second kappa shape index (κ2) is 9.99. The molecule has 0 bridgehead atoms. The first-order chi connectivity index (χ1) is 12.5. The Morgan fingerprint density at radius 3 is 2.46 bits per heavy atom. The third-order valence-electron chi connectivity index (χ3n) is 3.38. The number of methoxy groups -OCH3 is 1. The standard InChI is InChI=1S/C19H17BrClNO4/c1-24-19(23)18(22-25-2)16-6-4-3-5-14(16)12-26-15-9-7-13(8-10-15)11-17(20)21/h3-11H,12H2,1-2H3/b17-11?,22-18+. The van der Waals surface area contributed by atoms with Crippen LogP contribution < -0.4 is 4.74 Å². The minimum atomic E-state index is -0.581. The van der Waals surface area contributed by atoms with Crippen LogP contribution in [0.2, 0.25) is 0 Å². The summed E-state index contributed by atoms with van der Waals surface area (Å²) in [6, 6.07) is 14.7. The van der Waals surface area contributed by atoms with Gasteiger partial charge in [-0.25, -0.2) is 4.79 Å². The highest BCUT2D eigenvalue weighted by molar-refractivity contribution is 9.12. The van der Waals surface area contributed by atoms with E-state index >= 15 is 0 Å². The summed E-state index contributed by atoms with van der Waals surface area (Å²) in [4.78, 5) is 16.7. The van der Waals surface area contributed by atoms with Crippen LogP contribution in [0.5, 0.6) is 5.75 Å². The summed E-state index contributed by atoms with van der Waals surface area (Å²) < 4.78 is 11.1. The number of hydrogen-bond donors (Lipinski definition) is 0. The molecule has 7 heteroatoms. The minimum absolute atomic E-state index is 0.0849. The van der Waals surface area contributed by atoms with E-state index in [9.17, 15) is 4.79 Å². The first-order valence-corrected chi connectivity index (χ1v) is 8.75. The molecule has 0 fully saturated rings. The van der Waals surface area contributed by atoms with Crippen molar-refractivity contribution in [3.63, 3.8) is 0 Å². The van der Waals surface area contributed by atoms with E-state index in [4.69, 9.17) is 25.9 Å². The van der Waals surface area contributed by atoms with E-state index in [0.29, 0.717) is 15.3 Å². The molecule has 0 atom stereocenters. The Morgan fingerprint density at radius 2 is 1.85 bits per heavy atom. The van der Waals surface area contributed by atoms with Gasteiger partial charge in [0, 0.05) is 5.56 Å². The van der Waals surface area contributed by atoms with Gasteiger partial charge in [0.1, 0.15) is 19.5 Å². The largest absolute Gasteiger partial charge is 0.489 e. The molecule has 0 aliphatic carbocycles. The number of esters is 1. The lowest BCUT2D eigenvalue weighted by Gasteiger charge is -2.12. The number of benzene rings is 2. The highest BCUT2D eigenvalue weighted by Gasteiger charge is 2.19. The van der Waals surface area contributed by atoms with Crippen LogP contribution >= 0.6 is 27.5 Å². The number of ether oxygens (including phenoxy) is 2. The van der Waals surface area contributed by atoms with Crippen molar-refractivity contribution in [3.05, 3.63) is 69.2 Å². The molecule has 136 valence electrons. The minimum Gasteiger partial charge on any atom is -0.489 e. The summed E-state index contributed by atoms with van der Waals surface area (Å²) in [6.45, 7) is 0.254. The zero-order valence-corrected chi connectivity index (χ0v) is 16.6. The maximum absolute atomic E-state index is 12.0. The van der Waals surface area contributed by atoms with Gasteiger partial charge in [-0.05, 0) is 45.3 Å². The molecule has 0 heterocycles. The molecule has 26 heavy (non-hydrogen) atoms. The Hall–Kier alpha value is -2.31. The number of nitrogens with zero attached hydrogens (tertiary/aromatic N) is 1. The van der Waals surface area contributed by atoms with Gasteiger partial charge in [-0.2, -0.15) is 0 Å². The van der Waals surface area contributed by atoms with Crippen molar-refractivity contribution in [2.24, 2.45) is 5.16 Å². The third kappa shape index (κ3) is 5.61. The van der Waals surface area contributed by atoms with Gasteiger partial charge in [0.05, 0.1) is 11.1 Å². The van der Waals surface area contributed by atoms with Gasteiger partial charge in [-0.1, -0.05) is 53.2 Å². The van der Waals surface area contributed by atoms with Crippen LogP contribution in [0.15, 0.2) is 57.6 Å². The molecule has 5 nitrogen and oxygen atoms in total. The monoisotopic (exact) mass is 437 g/mol. The molecule has 0 spiro atoms. The Bertz CT molecular complexity index is 815. The number of rotatable bonds is 7. The molecule has 0 saturated heterocycles. The predicted octanol–water partition coefficient (Wildman–Crippen LogP) is 4.72. The highest BCUT2D eigenvalue weighted by atomic mass is 79.9. The average molecular weight is 439 g/mol. The maximum atomic E-state index is 12.0. The van der Waals surface area contributed by atoms with Crippen LogP contribution in [0.1, 0.15) is 16.7 Å². The van der Waals surface area contributed by atoms with E-state index in [2.05, 4.69) is 21.1 Å². The zero-order chi connectivity index (χ0) is 18.9. The molecular formula is C19H17BrClNO4. The van der Waals surface area contributed by atoms with Gasteiger partial charge < -0.3 is 14.3 Å². The van der Waals surface area contributed by atoms with E-state index in [-0.39, 0.29) is 12.3 Å². The maximum Gasteiger partial charge on any atom is 0.360 e. The Balaban J connectivity index is 2.19. The molecule has 0 aromatic heterocycles. The smallest absolute Gasteiger partial charge is 0.360 e. The topological polar surface area (TPSA) is 57.1 Å². The fourth-order valence-corrected chi connectivity index (χ4v) is 2.60. The van der Waals surface area contributed by atoms with E-state index < -0.39 is 5.97 Å². The summed E-state index contributed by atoms with van der Waals surface area (Å²) in [5.74, 6) is 0.105. The number of carbonyl (C=O) groups excluding carboxylic acids is 1. The summed E-state index contributed by atoms with van der Waals surface area (Å²) >= 11 is 8.97. The molecule has 0 aliphatic heterocycles. The van der Waals surface area contributed by atoms with Gasteiger partial charge >= 0.3 is 5.97 Å². The highest BCUT2D eigenvalue weighted by Crippen LogP contribution is 2.20. The van der Waals surface area contributed by atoms with Gasteiger partial charge in [-0.15, -0.1) is 0 Å². The lowest BCUT2D eigenvalue weighted by atomic mass is 10.0. The zero-order valence-electron chi connectivity index (χ0n) is 14.2. The molecular weight excluding hydrogens is 422 g/mol. The molecule has 0 radical (unpaired) electrons. The van der Waals surface area contributed by atoms with E-state index in [1.54, 1.807) is 18.2 Å². The van der Waals surface area contributed by atoms with Crippen LogP contribution in [-0.4, -0.2) is 25.9 Å². The van der Waals surface area contributed by atoms with Crippen LogP contribution in [0.4, 0.5) is 0 Å². The van der Waals surface area contributed by atoms with E-state index in [0.717, 1.165) is 11.1 Å². The summed E-state index contributed by atoms with van der Waals surface area (Å²) in [7, 11) is 2.67. The normalized spacial score (nSPS) is 11.8. The van der Waals surface area contributed by atoms with Crippen LogP contribution in [-0.2, 0) is 21.0 Å². The van der Waals surface area contributed by atoms with Crippen molar-refractivity contribution in [2.45, 2.75) is 6.61 Å². The van der Waals surface area contributed by atoms with E-state index in [1.807, 2.05) is 36.4 Å². The third-order valence-corrected chi connectivity index (χ3v) is 3.72. The molecule has 0 saturated carbocycles. The second-order valence-corrected chi connectivity index (χ2v) is 6.78. The van der Waals surface area contributed by atoms with Gasteiger partial charge in [0.25, 0.3) is 0 Å². The van der Waals surface area contributed by atoms with Crippen molar-refractivity contribution in [3.8, 4) is 5.75 Å². The fraction of sp³-hybridized carbons (Fsp3) is 0.158. The number of hydrogen-bond acceptors (Lipinski definition) is 5. The van der Waals surface area contributed by atoms with Crippen molar-refractivity contribution < 1.29 is 19.1 Å². The lowest BCUT2D eigenvalue weighted by Crippen LogP contribution is -2.19. The quantitative estimate of drug-likeness (QED) is 0.356. The average Bonchev–Trinajstić information content (AvgIpc) is 2.65. The van der Waals surface area contributed by atoms with Crippen LogP contribution in [0, 0.1) is 0 Å². The Morgan fingerprint density at radius 1 is 1.15 bits per heavy atom. The molecule has 2 aromatic carbocycles. The Kier molecular flexibility index (Phi) is 7.69. The molecule has 0 amide bonds. The van der Waals surface area contributed by atoms with Gasteiger partial charge in [-0.3, -0.25) is 0 Å². The number of halogens is 2. The second-order valence-electron chi connectivity index (χ2n) is 5.06. The van der Waals surface area contributed by atoms with Crippen LogP contribution in [0.3, 0.4) is 0 Å². The molecule has 0 N–H and O–H groups in total. The van der Waals surface area contributed by atoms with Crippen molar-refractivity contribution >= 4 is 45.3 Å². The number of oxime groups is 1. The SMILES string of the molecule is CO/N=C(/C(=O)OC)c1ccccc1COc1ccc(C=C(Cl)Br)cc1. The molecule has 0 aliphatic rings. The summed E-state index contributed by atoms with van der Waals surface area (Å²) in [5.41, 5.74) is 2.40. The Labute approximate surface area is 165 Å². The van der Waals surface area contributed by atoms with Crippen LogP contribution in [0.25, 0.3) is 6.08 Å². The number of carbonyl (C=O) groups is 1. The first kappa shape index (κ1) is 20.0.